The molecule has 0 fully saturated rings. The number of hydrogen-bond donors (Lipinski definition) is 3. The second-order valence-electron chi connectivity index (χ2n) is 4.79. The number of fused-ring (bicyclic) bond motifs is 1. The van der Waals surface area contributed by atoms with Gasteiger partial charge >= 0.3 is 0 Å². The summed E-state index contributed by atoms with van der Waals surface area (Å²) < 4.78 is 24.1. The van der Waals surface area contributed by atoms with Gasteiger partial charge < -0.3 is 10.6 Å². The molecule has 110 valence electrons. The molecule has 1 aromatic carbocycles. The van der Waals surface area contributed by atoms with Crippen molar-refractivity contribution in [2.75, 3.05) is 25.9 Å². The molecule has 0 aliphatic carbocycles. The molecule has 1 aromatic rings. The van der Waals surface area contributed by atoms with E-state index in [0.29, 0.717) is 0 Å². The number of benzene rings is 1. The smallest absolute Gasteiger partial charge is 0.241 e. The van der Waals surface area contributed by atoms with Crippen molar-refractivity contribution in [1.82, 2.24) is 15.4 Å². The van der Waals surface area contributed by atoms with Gasteiger partial charge in [-0.1, -0.05) is 24.3 Å². The summed E-state index contributed by atoms with van der Waals surface area (Å²) >= 11 is 0. The van der Waals surface area contributed by atoms with Crippen LogP contribution in [-0.4, -0.2) is 40.2 Å². The van der Waals surface area contributed by atoms with E-state index in [-0.39, 0.29) is 25.0 Å². The molecule has 7 heteroatoms. The van der Waals surface area contributed by atoms with Crippen LogP contribution in [0.25, 0.3) is 0 Å². The Kier molecular flexibility index (Phi) is 4.74. The van der Waals surface area contributed by atoms with Gasteiger partial charge in [0.15, 0.2) is 0 Å². The molecular weight excluding hydrogens is 278 g/mol. The van der Waals surface area contributed by atoms with Crippen LogP contribution in [-0.2, 0) is 21.2 Å². The number of carbonyl (C=O) groups excluding carboxylic acids is 1. The lowest BCUT2D eigenvalue weighted by Crippen LogP contribution is -2.43. The lowest BCUT2D eigenvalue weighted by Gasteiger charge is -2.26. The van der Waals surface area contributed by atoms with E-state index >= 15 is 0 Å². The topological polar surface area (TPSA) is 87.3 Å². The zero-order chi connectivity index (χ0) is 14.6. The van der Waals surface area contributed by atoms with Crippen LogP contribution in [0.15, 0.2) is 24.3 Å². The van der Waals surface area contributed by atoms with Crippen molar-refractivity contribution in [3.63, 3.8) is 0 Å². The van der Waals surface area contributed by atoms with Crippen molar-refractivity contribution in [3.8, 4) is 0 Å². The van der Waals surface area contributed by atoms with Crippen LogP contribution >= 0.6 is 0 Å². The average Bonchev–Trinajstić information content (AvgIpc) is 2.41. The molecule has 6 nitrogen and oxygen atoms in total. The molecule has 1 aliphatic heterocycles. The van der Waals surface area contributed by atoms with Crippen molar-refractivity contribution in [1.29, 1.82) is 0 Å². The monoisotopic (exact) mass is 297 g/mol. The maximum absolute atomic E-state index is 12.1. The quantitative estimate of drug-likeness (QED) is 0.642. The molecule has 0 spiro atoms. The molecular formula is C13H19N3O3S. The molecule has 0 bridgehead atoms. The lowest BCUT2D eigenvalue weighted by molar-refractivity contribution is -0.123. The molecule has 0 saturated heterocycles. The van der Waals surface area contributed by atoms with Crippen molar-refractivity contribution in [2.24, 2.45) is 0 Å². The minimum Gasteiger partial charge on any atom is -0.353 e. The molecule has 3 N–H and O–H groups in total. The number of sulfonamides is 1. The van der Waals surface area contributed by atoms with Crippen molar-refractivity contribution < 1.29 is 13.2 Å². The summed E-state index contributed by atoms with van der Waals surface area (Å²) in [5.41, 5.74) is 2.17. The van der Waals surface area contributed by atoms with E-state index in [9.17, 15) is 13.2 Å². The zero-order valence-corrected chi connectivity index (χ0v) is 12.2. The number of amides is 1. The fourth-order valence-electron chi connectivity index (χ4n) is 2.26. The molecule has 0 radical (unpaired) electrons. The van der Waals surface area contributed by atoms with E-state index < -0.39 is 10.0 Å². The molecule has 1 amide bonds. The molecule has 20 heavy (non-hydrogen) atoms. The first-order chi connectivity index (χ1) is 9.47. The van der Waals surface area contributed by atoms with Gasteiger partial charge in [0, 0.05) is 19.6 Å². The van der Waals surface area contributed by atoms with Gasteiger partial charge in [0.25, 0.3) is 0 Å². The summed E-state index contributed by atoms with van der Waals surface area (Å²) in [5, 5.41) is 5.92. The van der Waals surface area contributed by atoms with Crippen LogP contribution in [0.2, 0.25) is 0 Å². The van der Waals surface area contributed by atoms with Gasteiger partial charge in [-0.15, -0.1) is 0 Å². The highest BCUT2D eigenvalue weighted by Gasteiger charge is 2.25. The Balaban J connectivity index is 1.91. The highest BCUT2D eigenvalue weighted by molar-refractivity contribution is 7.88. The molecule has 0 saturated carbocycles. The first kappa shape index (κ1) is 15.0. The molecule has 1 atom stereocenters. The fourth-order valence-corrected chi connectivity index (χ4v) is 2.74. The van der Waals surface area contributed by atoms with Gasteiger partial charge in [-0.25, -0.2) is 13.1 Å². The van der Waals surface area contributed by atoms with Gasteiger partial charge in [0.05, 0.1) is 6.26 Å². The fraction of sp³-hybridized carbons (Fsp3) is 0.462. The van der Waals surface area contributed by atoms with Crippen molar-refractivity contribution >= 4 is 15.9 Å². The summed E-state index contributed by atoms with van der Waals surface area (Å²) in [4.78, 5) is 12.1. The van der Waals surface area contributed by atoms with Crippen LogP contribution in [0.4, 0.5) is 0 Å². The van der Waals surface area contributed by atoms with E-state index in [1.165, 1.54) is 5.56 Å². The predicted octanol–water partition coefficient (Wildman–Crippen LogP) is -0.461. The standard InChI is InChI=1S/C13H19N3O3S/c1-20(18,19)16-9-8-15-13(17)12-11-5-3-2-4-10(11)6-7-14-12/h2-5,12,14,16H,6-9H2,1H3,(H,15,17). The Morgan fingerprint density at radius 3 is 2.85 bits per heavy atom. The van der Waals surface area contributed by atoms with Crippen LogP contribution in [0.3, 0.4) is 0 Å². The van der Waals surface area contributed by atoms with E-state index in [4.69, 9.17) is 0 Å². The number of rotatable bonds is 5. The van der Waals surface area contributed by atoms with Crippen molar-refractivity contribution in [3.05, 3.63) is 35.4 Å². The maximum atomic E-state index is 12.1. The highest BCUT2D eigenvalue weighted by Crippen LogP contribution is 2.22. The molecule has 1 heterocycles. The third-order valence-electron chi connectivity index (χ3n) is 3.16. The van der Waals surface area contributed by atoms with E-state index in [2.05, 4.69) is 15.4 Å². The molecule has 0 aromatic heterocycles. The van der Waals surface area contributed by atoms with Gasteiger partial charge in [-0.05, 0) is 17.5 Å². The van der Waals surface area contributed by atoms with Crippen LogP contribution < -0.4 is 15.4 Å². The SMILES string of the molecule is CS(=O)(=O)NCCNC(=O)C1NCCc2ccccc21. The first-order valence-corrected chi connectivity index (χ1v) is 8.40. The van der Waals surface area contributed by atoms with Gasteiger partial charge in [0.2, 0.25) is 15.9 Å². The first-order valence-electron chi connectivity index (χ1n) is 6.51. The number of nitrogens with one attached hydrogen (secondary N) is 3. The summed E-state index contributed by atoms with van der Waals surface area (Å²) in [7, 11) is -3.21. The lowest BCUT2D eigenvalue weighted by atomic mass is 9.94. The summed E-state index contributed by atoms with van der Waals surface area (Å²) in [6.45, 7) is 1.22. The molecule has 1 aliphatic rings. The van der Waals surface area contributed by atoms with Crippen LogP contribution in [0.5, 0.6) is 0 Å². The Morgan fingerprint density at radius 1 is 1.35 bits per heavy atom. The van der Waals surface area contributed by atoms with E-state index in [1.807, 2.05) is 24.3 Å². The third-order valence-corrected chi connectivity index (χ3v) is 3.89. The summed E-state index contributed by atoms with van der Waals surface area (Å²) in [6, 6.07) is 7.49. The van der Waals surface area contributed by atoms with Gasteiger partial charge in [-0.3, -0.25) is 4.79 Å². The molecule has 2 rings (SSSR count). The third kappa shape index (κ3) is 4.03. The molecule has 1 unspecified atom stereocenters. The minimum absolute atomic E-state index is 0.132. The Hall–Kier alpha value is -1.44. The van der Waals surface area contributed by atoms with Gasteiger partial charge in [-0.2, -0.15) is 0 Å². The number of hydrogen-bond acceptors (Lipinski definition) is 4. The Bertz CT molecular complexity index is 586. The predicted molar refractivity (Wildman–Crippen MR) is 76.7 cm³/mol. The van der Waals surface area contributed by atoms with Gasteiger partial charge in [0.1, 0.15) is 6.04 Å². The Labute approximate surface area is 119 Å². The summed E-state index contributed by atoms with van der Waals surface area (Å²) in [6.07, 6.45) is 2.00. The normalized spacial score (nSPS) is 18.4. The summed E-state index contributed by atoms with van der Waals surface area (Å²) in [5.74, 6) is -0.132. The van der Waals surface area contributed by atoms with Crippen LogP contribution in [0, 0.1) is 0 Å². The zero-order valence-electron chi connectivity index (χ0n) is 11.3. The Morgan fingerprint density at radius 2 is 2.10 bits per heavy atom. The van der Waals surface area contributed by atoms with Crippen LogP contribution in [0.1, 0.15) is 17.2 Å². The second-order valence-corrected chi connectivity index (χ2v) is 6.63. The highest BCUT2D eigenvalue weighted by atomic mass is 32.2. The minimum atomic E-state index is -3.21. The average molecular weight is 297 g/mol. The van der Waals surface area contributed by atoms with E-state index in [0.717, 1.165) is 24.8 Å². The maximum Gasteiger partial charge on any atom is 0.241 e. The van der Waals surface area contributed by atoms with E-state index in [1.54, 1.807) is 0 Å². The van der Waals surface area contributed by atoms with Crippen molar-refractivity contribution in [2.45, 2.75) is 12.5 Å². The largest absolute Gasteiger partial charge is 0.353 e. The number of carbonyl (C=O) groups is 1. The second kappa shape index (κ2) is 6.34.